The van der Waals surface area contributed by atoms with Crippen molar-refractivity contribution in [3.8, 4) is 0 Å². The van der Waals surface area contributed by atoms with Gasteiger partial charge in [0.25, 0.3) is 0 Å². The number of hydrogen-bond acceptors (Lipinski definition) is 2. The van der Waals surface area contributed by atoms with E-state index >= 15 is 0 Å². The van der Waals surface area contributed by atoms with Crippen LogP contribution < -0.4 is 5.32 Å². The second-order valence-electron chi connectivity index (χ2n) is 4.31. The Morgan fingerprint density at radius 3 is 2.80 bits per heavy atom. The van der Waals surface area contributed by atoms with E-state index in [-0.39, 0.29) is 0 Å². The molecule has 0 aliphatic carbocycles. The number of fused-ring (bicyclic) bond motifs is 1. The van der Waals surface area contributed by atoms with Crippen LogP contribution in [0, 0.1) is 0 Å². The molecule has 2 nitrogen and oxygen atoms in total. The summed E-state index contributed by atoms with van der Waals surface area (Å²) < 4.78 is 5.41. The maximum absolute atomic E-state index is 6.30. The molecule has 1 fully saturated rings. The van der Waals surface area contributed by atoms with E-state index in [2.05, 4.69) is 17.4 Å². The Morgan fingerprint density at radius 1 is 1.27 bits per heavy atom. The molecule has 2 heterocycles. The first-order valence-corrected chi connectivity index (χ1v) is 5.82. The predicted octanol–water partition coefficient (Wildman–Crippen LogP) is 2.45. The maximum atomic E-state index is 6.30. The quantitative estimate of drug-likeness (QED) is 0.790. The molecule has 1 unspecified atom stereocenters. The van der Waals surface area contributed by atoms with Crippen molar-refractivity contribution in [3.63, 3.8) is 0 Å². The Bertz CT molecular complexity index is 385. The van der Waals surface area contributed by atoms with Crippen molar-refractivity contribution < 1.29 is 4.74 Å². The van der Waals surface area contributed by atoms with Gasteiger partial charge in [-0.15, -0.1) is 0 Å². The lowest BCUT2D eigenvalue weighted by molar-refractivity contribution is 0.194. The van der Waals surface area contributed by atoms with Crippen molar-refractivity contribution in [2.45, 2.75) is 25.4 Å². The van der Waals surface area contributed by atoms with Crippen LogP contribution in [0.2, 0.25) is 5.02 Å². The van der Waals surface area contributed by atoms with Gasteiger partial charge in [-0.25, -0.2) is 0 Å². The normalized spacial score (nSPS) is 24.5. The molecule has 0 saturated carbocycles. The van der Waals surface area contributed by atoms with E-state index < -0.39 is 0 Å². The molecule has 0 bridgehead atoms. The van der Waals surface area contributed by atoms with Crippen LogP contribution in [0.5, 0.6) is 0 Å². The summed E-state index contributed by atoms with van der Waals surface area (Å²) in [7, 11) is 0. The largest absolute Gasteiger partial charge is 0.381 e. The molecule has 2 aliphatic rings. The summed E-state index contributed by atoms with van der Waals surface area (Å²) in [5.41, 5.74) is 4.03. The van der Waals surface area contributed by atoms with Gasteiger partial charge in [0.15, 0.2) is 0 Å². The van der Waals surface area contributed by atoms with E-state index in [9.17, 15) is 0 Å². The zero-order valence-corrected chi connectivity index (χ0v) is 9.31. The zero-order chi connectivity index (χ0) is 10.3. The van der Waals surface area contributed by atoms with Crippen molar-refractivity contribution in [2.24, 2.45) is 0 Å². The monoisotopic (exact) mass is 223 g/mol. The molecule has 15 heavy (non-hydrogen) atoms. The standard InChI is InChI=1S/C12H14ClNO/c13-12-4-10-6-14-5-9(10)3-11(12)8-1-2-15-7-8/h3-4,8,14H,1-2,5-7H2. The topological polar surface area (TPSA) is 21.3 Å². The lowest BCUT2D eigenvalue weighted by Crippen LogP contribution is -2.00. The third-order valence-electron chi connectivity index (χ3n) is 3.32. The number of benzene rings is 1. The first kappa shape index (κ1) is 9.64. The number of hydrogen-bond donors (Lipinski definition) is 1. The molecule has 1 saturated heterocycles. The van der Waals surface area contributed by atoms with Crippen LogP contribution in [0.25, 0.3) is 0 Å². The number of ether oxygens (including phenoxy) is 1. The van der Waals surface area contributed by atoms with E-state index in [1.165, 1.54) is 16.7 Å². The fourth-order valence-electron chi connectivity index (χ4n) is 2.43. The highest BCUT2D eigenvalue weighted by Gasteiger charge is 2.22. The van der Waals surface area contributed by atoms with E-state index in [1.807, 2.05) is 0 Å². The zero-order valence-electron chi connectivity index (χ0n) is 8.55. The van der Waals surface area contributed by atoms with Gasteiger partial charge in [-0.1, -0.05) is 17.7 Å². The van der Waals surface area contributed by atoms with Crippen LogP contribution in [-0.2, 0) is 17.8 Å². The molecule has 1 aromatic rings. The molecule has 1 atom stereocenters. The van der Waals surface area contributed by atoms with E-state index in [1.54, 1.807) is 0 Å². The van der Waals surface area contributed by atoms with Crippen molar-refractivity contribution >= 4 is 11.6 Å². The van der Waals surface area contributed by atoms with Gasteiger partial charge in [0, 0.05) is 30.6 Å². The Hall–Kier alpha value is -0.570. The molecular weight excluding hydrogens is 210 g/mol. The smallest absolute Gasteiger partial charge is 0.0536 e. The fraction of sp³-hybridized carbons (Fsp3) is 0.500. The summed E-state index contributed by atoms with van der Waals surface area (Å²) in [5, 5.41) is 4.25. The minimum absolute atomic E-state index is 0.503. The Morgan fingerprint density at radius 2 is 2.07 bits per heavy atom. The predicted molar refractivity (Wildman–Crippen MR) is 60.2 cm³/mol. The summed E-state index contributed by atoms with van der Waals surface area (Å²) in [6.45, 7) is 3.63. The van der Waals surface area contributed by atoms with Gasteiger partial charge < -0.3 is 10.1 Å². The Balaban J connectivity index is 2.00. The van der Waals surface area contributed by atoms with Gasteiger partial charge in [-0.2, -0.15) is 0 Å². The molecule has 3 heteroatoms. The first-order chi connectivity index (χ1) is 7.34. The third kappa shape index (κ3) is 1.67. The molecule has 80 valence electrons. The highest BCUT2D eigenvalue weighted by molar-refractivity contribution is 6.31. The Kier molecular flexibility index (Phi) is 2.43. The molecule has 2 aliphatic heterocycles. The highest BCUT2D eigenvalue weighted by atomic mass is 35.5. The number of nitrogens with one attached hydrogen (secondary N) is 1. The minimum atomic E-state index is 0.503. The van der Waals surface area contributed by atoms with Gasteiger partial charge in [-0.05, 0) is 29.2 Å². The third-order valence-corrected chi connectivity index (χ3v) is 3.65. The fourth-order valence-corrected chi connectivity index (χ4v) is 2.77. The van der Waals surface area contributed by atoms with Crippen molar-refractivity contribution in [1.29, 1.82) is 0 Å². The van der Waals surface area contributed by atoms with Gasteiger partial charge in [0.2, 0.25) is 0 Å². The second-order valence-corrected chi connectivity index (χ2v) is 4.71. The average Bonchev–Trinajstić information content (AvgIpc) is 2.85. The summed E-state index contributed by atoms with van der Waals surface area (Å²) in [6.07, 6.45) is 1.10. The second kappa shape index (κ2) is 3.78. The van der Waals surface area contributed by atoms with E-state index in [0.717, 1.165) is 37.7 Å². The Labute approximate surface area is 94.6 Å². The van der Waals surface area contributed by atoms with E-state index in [4.69, 9.17) is 16.3 Å². The van der Waals surface area contributed by atoms with Crippen molar-refractivity contribution in [2.75, 3.05) is 13.2 Å². The van der Waals surface area contributed by atoms with Crippen LogP contribution in [0.4, 0.5) is 0 Å². The van der Waals surface area contributed by atoms with Gasteiger partial charge >= 0.3 is 0 Å². The molecule has 0 amide bonds. The van der Waals surface area contributed by atoms with Crippen molar-refractivity contribution in [3.05, 3.63) is 33.8 Å². The van der Waals surface area contributed by atoms with E-state index in [0.29, 0.717) is 5.92 Å². The van der Waals surface area contributed by atoms with Gasteiger partial charge in [0.1, 0.15) is 0 Å². The number of halogens is 1. The summed E-state index contributed by atoms with van der Waals surface area (Å²) in [4.78, 5) is 0. The minimum Gasteiger partial charge on any atom is -0.381 e. The van der Waals surface area contributed by atoms with Crippen LogP contribution >= 0.6 is 11.6 Å². The molecule has 1 aromatic carbocycles. The molecule has 0 aromatic heterocycles. The summed E-state index contributed by atoms with van der Waals surface area (Å²) in [6, 6.07) is 4.38. The molecular formula is C12H14ClNO. The maximum Gasteiger partial charge on any atom is 0.0536 e. The average molecular weight is 224 g/mol. The lowest BCUT2D eigenvalue weighted by atomic mass is 9.95. The van der Waals surface area contributed by atoms with Crippen LogP contribution in [-0.4, -0.2) is 13.2 Å². The first-order valence-electron chi connectivity index (χ1n) is 5.44. The van der Waals surface area contributed by atoms with Crippen LogP contribution in [0.3, 0.4) is 0 Å². The molecule has 0 radical (unpaired) electrons. The van der Waals surface area contributed by atoms with Gasteiger partial charge in [0.05, 0.1) is 6.61 Å². The molecule has 3 rings (SSSR count). The summed E-state index contributed by atoms with van der Waals surface area (Å²) >= 11 is 6.30. The number of rotatable bonds is 1. The van der Waals surface area contributed by atoms with Gasteiger partial charge in [-0.3, -0.25) is 0 Å². The molecule has 0 spiro atoms. The summed E-state index contributed by atoms with van der Waals surface area (Å²) in [5.74, 6) is 0.503. The van der Waals surface area contributed by atoms with Crippen molar-refractivity contribution in [1.82, 2.24) is 5.32 Å². The lowest BCUT2D eigenvalue weighted by Gasteiger charge is -2.12. The highest BCUT2D eigenvalue weighted by Crippen LogP contribution is 2.34. The van der Waals surface area contributed by atoms with Crippen LogP contribution in [0.15, 0.2) is 12.1 Å². The van der Waals surface area contributed by atoms with Crippen LogP contribution in [0.1, 0.15) is 29.0 Å². The molecule has 1 N–H and O–H groups in total. The SMILES string of the molecule is Clc1cc2c(cc1C1CCOC1)CNC2.